The van der Waals surface area contributed by atoms with Crippen molar-refractivity contribution in [3.05, 3.63) is 0 Å². The van der Waals surface area contributed by atoms with Gasteiger partial charge in [-0.1, -0.05) is 0 Å². The van der Waals surface area contributed by atoms with E-state index in [0.717, 1.165) is 6.04 Å². The quantitative estimate of drug-likeness (QED) is 0.519. The zero-order valence-electron chi connectivity index (χ0n) is 7.55. The van der Waals surface area contributed by atoms with Crippen molar-refractivity contribution in [2.75, 3.05) is 37.6 Å². The van der Waals surface area contributed by atoms with Gasteiger partial charge in [-0.2, -0.15) is 0 Å². The Kier molecular flexibility index (Phi) is 2.31. The molecule has 1 aliphatic rings. The number of hydrogen-bond donors (Lipinski definition) is 0. The zero-order valence-corrected chi connectivity index (χ0v) is 8.37. The van der Waals surface area contributed by atoms with Crippen LogP contribution in [0.1, 0.15) is 6.92 Å². The van der Waals surface area contributed by atoms with Crippen LogP contribution in [0.2, 0.25) is 0 Å². The molecule has 0 bridgehead atoms. The van der Waals surface area contributed by atoms with Gasteiger partial charge in [-0.25, -0.2) is 10.0 Å². The zero-order chi connectivity index (χ0) is 7.78. The van der Waals surface area contributed by atoms with E-state index in [0.29, 0.717) is 0 Å². The molecule has 0 spiro atoms. The number of rotatable bonds is 0. The van der Waals surface area contributed by atoms with Crippen molar-refractivity contribution in [3.8, 4) is 0 Å². The van der Waals surface area contributed by atoms with Gasteiger partial charge in [0.2, 0.25) is 0 Å². The molecule has 1 saturated heterocycles. The van der Waals surface area contributed by atoms with Gasteiger partial charge in [0, 0.05) is 12.6 Å². The van der Waals surface area contributed by atoms with Crippen LogP contribution in [0.25, 0.3) is 0 Å². The topological polar surface area (TPSA) is 3.24 Å². The highest BCUT2D eigenvalue weighted by Gasteiger charge is 2.24. The average Bonchev–Trinajstić information content (AvgIpc) is 1.79. The predicted octanol–water partition coefficient (Wildman–Crippen LogP) is 1.38. The highest BCUT2D eigenvalue weighted by atomic mass is 32.3. The number of hydrogen-bond acceptors (Lipinski definition) is 1. The van der Waals surface area contributed by atoms with Gasteiger partial charge in [0.25, 0.3) is 0 Å². The molecule has 0 saturated carbocycles. The first kappa shape index (κ1) is 8.41. The Balaban J connectivity index is 2.49. The van der Waals surface area contributed by atoms with Crippen molar-refractivity contribution in [2.24, 2.45) is 0 Å². The van der Waals surface area contributed by atoms with Crippen LogP contribution in [0, 0.1) is 0 Å². The van der Waals surface area contributed by atoms with Gasteiger partial charge in [-0.15, -0.1) is 0 Å². The summed E-state index contributed by atoms with van der Waals surface area (Å²) >= 11 is 0. The van der Waals surface area contributed by atoms with Crippen molar-refractivity contribution in [3.63, 3.8) is 0 Å². The highest BCUT2D eigenvalue weighted by Crippen LogP contribution is 2.43. The second kappa shape index (κ2) is 2.74. The number of nitrogens with zero attached hydrogens (tertiary/aromatic N) is 1. The van der Waals surface area contributed by atoms with E-state index in [4.69, 9.17) is 0 Å². The highest BCUT2D eigenvalue weighted by molar-refractivity contribution is 8.32. The van der Waals surface area contributed by atoms with Gasteiger partial charge < -0.3 is 4.90 Å². The molecule has 1 heterocycles. The van der Waals surface area contributed by atoms with Gasteiger partial charge in [0.05, 0.1) is 0 Å². The molecule has 62 valence electrons. The molecule has 10 heavy (non-hydrogen) atoms. The Morgan fingerprint density at radius 2 is 2.00 bits per heavy atom. The minimum absolute atomic E-state index is 0.207. The summed E-state index contributed by atoms with van der Waals surface area (Å²) in [6.45, 7) is 3.65. The lowest BCUT2D eigenvalue weighted by molar-refractivity contribution is 0.285. The van der Waals surface area contributed by atoms with Crippen LogP contribution >= 0.6 is 10.0 Å². The Hall–Kier alpha value is 0.310. The lowest BCUT2D eigenvalue weighted by Gasteiger charge is -2.43. The van der Waals surface area contributed by atoms with Gasteiger partial charge in [0.15, 0.2) is 0 Å². The van der Waals surface area contributed by atoms with E-state index in [2.05, 4.69) is 31.4 Å². The molecular formula is C8H19NS. The van der Waals surface area contributed by atoms with Crippen molar-refractivity contribution in [1.29, 1.82) is 0 Å². The molecule has 1 unspecified atom stereocenters. The van der Waals surface area contributed by atoms with Crippen LogP contribution in [-0.4, -0.2) is 48.6 Å². The van der Waals surface area contributed by atoms with E-state index < -0.39 is 0 Å². The van der Waals surface area contributed by atoms with Crippen LogP contribution < -0.4 is 0 Å². The third-order valence-corrected chi connectivity index (χ3v) is 5.11. The van der Waals surface area contributed by atoms with Crippen molar-refractivity contribution in [1.82, 2.24) is 4.90 Å². The monoisotopic (exact) mass is 161 g/mol. The second-order valence-electron chi connectivity index (χ2n) is 3.97. The predicted molar refractivity (Wildman–Crippen MR) is 51.3 cm³/mol. The largest absolute Gasteiger partial charge is 0.302 e. The fraction of sp³-hybridized carbons (Fsp3) is 1.00. The van der Waals surface area contributed by atoms with Crippen molar-refractivity contribution >= 4 is 10.0 Å². The fourth-order valence-electron chi connectivity index (χ4n) is 1.48. The summed E-state index contributed by atoms with van der Waals surface area (Å²) in [6, 6.07) is 0.818. The molecule has 0 N–H and O–H groups in total. The summed E-state index contributed by atoms with van der Waals surface area (Å²) in [4.78, 5) is 2.47. The summed E-state index contributed by atoms with van der Waals surface area (Å²) in [5, 5.41) is 0. The van der Waals surface area contributed by atoms with Crippen molar-refractivity contribution in [2.45, 2.75) is 13.0 Å². The minimum atomic E-state index is -0.207. The molecule has 2 heteroatoms. The standard InChI is InChI=1S/C8H19NS/c1-8-7-10(3,4)6-5-9(8)2/h8H,5-7H2,1-4H3. The average molecular weight is 161 g/mol. The summed E-state index contributed by atoms with van der Waals surface area (Å²) in [5.74, 6) is 2.87. The molecular weight excluding hydrogens is 142 g/mol. The van der Waals surface area contributed by atoms with Crippen LogP contribution in [0.3, 0.4) is 0 Å². The van der Waals surface area contributed by atoms with Gasteiger partial charge in [-0.3, -0.25) is 0 Å². The van der Waals surface area contributed by atoms with E-state index >= 15 is 0 Å². The molecule has 1 nitrogen and oxygen atoms in total. The molecule has 1 rings (SSSR count). The van der Waals surface area contributed by atoms with E-state index in [1.807, 2.05) is 0 Å². The third kappa shape index (κ3) is 1.89. The molecule has 0 aromatic carbocycles. The smallest absolute Gasteiger partial charge is 0.0140 e. The Labute approximate surface area is 66.1 Å². The molecule has 1 fully saturated rings. The first-order valence-electron chi connectivity index (χ1n) is 3.90. The molecule has 0 aromatic rings. The summed E-state index contributed by atoms with van der Waals surface area (Å²) in [5.41, 5.74) is 0. The minimum Gasteiger partial charge on any atom is -0.302 e. The molecule has 1 aliphatic heterocycles. The van der Waals surface area contributed by atoms with Crippen LogP contribution in [0.4, 0.5) is 0 Å². The van der Waals surface area contributed by atoms with Crippen LogP contribution in [-0.2, 0) is 0 Å². The van der Waals surface area contributed by atoms with E-state index in [1.165, 1.54) is 18.1 Å². The lowest BCUT2D eigenvalue weighted by atomic mass is 10.3. The van der Waals surface area contributed by atoms with Crippen molar-refractivity contribution < 1.29 is 0 Å². The third-order valence-electron chi connectivity index (χ3n) is 2.44. The molecule has 0 amide bonds. The maximum Gasteiger partial charge on any atom is 0.0140 e. The molecule has 0 aromatic heterocycles. The molecule has 0 aliphatic carbocycles. The van der Waals surface area contributed by atoms with E-state index in [1.54, 1.807) is 0 Å². The van der Waals surface area contributed by atoms with E-state index in [9.17, 15) is 0 Å². The molecule has 1 atom stereocenters. The summed E-state index contributed by atoms with van der Waals surface area (Å²) in [6.07, 6.45) is 4.91. The van der Waals surface area contributed by atoms with Gasteiger partial charge in [-0.05, 0) is 38.0 Å². The van der Waals surface area contributed by atoms with E-state index in [-0.39, 0.29) is 10.0 Å². The summed E-state index contributed by atoms with van der Waals surface area (Å²) < 4.78 is 0. The van der Waals surface area contributed by atoms with Gasteiger partial charge in [0.1, 0.15) is 0 Å². The Morgan fingerprint density at radius 1 is 1.40 bits per heavy atom. The second-order valence-corrected chi connectivity index (χ2v) is 8.24. The Morgan fingerprint density at radius 3 is 2.40 bits per heavy atom. The fourth-order valence-corrected chi connectivity index (χ4v) is 3.98. The SMILES string of the molecule is CC1CS(C)(C)CCN1C. The van der Waals surface area contributed by atoms with Crippen LogP contribution in [0.15, 0.2) is 0 Å². The normalized spacial score (nSPS) is 37.4. The maximum absolute atomic E-state index is 2.47. The Bertz CT molecular complexity index is 122. The van der Waals surface area contributed by atoms with Crippen LogP contribution in [0.5, 0.6) is 0 Å². The lowest BCUT2D eigenvalue weighted by Crippen LogP contribution is -2.41. The first-order valence-corrected chi connectivity index (χ1v) is 6.69. The maximum atomic E-state index is 2.47. The van der Waals surface area contributed by atoms with Gasteiger partial charge >= 0.3 is 0 Å². The first-order chi connectivity index (χ1) is 4.51. The molecule has 0 radical (unpaired) electrons. The summed E-state index contributed by atoms with van der Waals surface area (Å²) in [7, 11) is 2.03.